The molecule has 0 spiro atoms. The predicted octanol–water partition coefficient (Wildman–Crippen LogP) is -0.270. The van der Waals surface area contributed by atoms with Crippen molar-refractivity contribution < 1.29 is 22.8 Å². The third-order valence-corrected chi connectivity index (χ3v) is 1.91. The molecule has 0 amide bonds. The van der Waals surface area contributed by atoms with Gasteiger partial charge < -0.3 is 0 Å². The van der Waals surface area contributed by atoms with Crippen molar-refractivity contribution in [1.82, 2.24) is 0 Å². The van der Waals surface area contributed by atoms with E-state index in [1.165, 1.54) is 14.1 Å². The number of rotatable bonds is 4. The van der Waals surface area contributed by atoms with Gasteiger partial charge in [0.15, 0.2) is 0 Å². The molecular formula is C5H14NO4S+. The minimum Gasteiger partial charge on any atom is -0.286 e. The summed E-state index contributed by atoms with van der Waals surface area (Å²) in [7, 11) is -0.804. The molecule has 6 heteroatoms. The van der Waals surface area contributed by atoms with E-state index < -0.39 is 10.1 Å². The van der Waals surface area contributed by atoms with Crippen LogP contribution in [0.15, 0.2) is 0 Å². The van der Waals surface area contributed by atoms with Crippen LogP contribution in [-0.4, -0.2) is 49.2 Å². The highest BCUT2D eigenvalue weighted by Gasteiger charge is 2.12. The zero-order valence-corrected chi connectivity index (χ0v) is 7.50. The molecule has 2 N–H and O–H groups in total. The first kappa shape index (κ1) is 10.8. The van der Waals surface area contributed by atoms with E-state index in [1.54, 1.807) is 0 Å². The Kier molecular flexibility index (Phi) is 3.43. The summed E-state index contributed by atoms with van der Waals surface area (Å²) in [6, 6.07) is 0. The lowest BCUT2D eigenvalue weighted by atomic mass is 10.4. The first-order valence-corrected chi connectivity index (χ1v) is 4.82. The first-order valence-electron chi connectivity index (χ1n) is 3.22. The average Bonchev–Trinajstić information content (AvgIpc) is 1.55. The lowest BCUT2D eigenvalue weighted by molar-refractivity contribution is -1.07. The van der Waals surface area contributed by atoms with Crippen LogP contribution in [0, 0.1) is 0 Å². The highest BCUT2D eigenvalue weighted by atomic mass is 32.2. The molecule has 0 aliphatic rings. The van der Waals surface area contributed by atoms with E-state index in [4.69, 9.17) is 9.76 Å². The summed E-state index contributed by atoms with van der Waals surface area (Å²) in [6.07, 6.45) is 0.252. The third-order valence-electron chi connectivity index (χ3n) is 1.11. The van der Waals surface area contributed by atoms with Crippen LogP contribution in [0.3, 0.4) is 0 Å². The van der Waals surface area contributed by atoms with Gasteiger partial charge in [-0.1, -0.05) is 0 Å². The summed E-state index contributed by atoms with van der Waals surface area (Å²) >= 11 is 0. The van der Waals surface area contributed by atoms with Gasteiger partial charge >= 0.3 is 0 Å². The fraction of sp³-hybridized carbons (Fsp3) is 1.00. The Balaban J connectivity index is 3.61. The van der Waals surface area contributed by atoms with E-state index in [0.717, 1.165) is 0 Å². The maximum absolute atomic E-state index is 10.2. The lowest BCUT2D eigenvalue weighted by Gasteiger charge is -2.18. The van der Waals surface area contributed by atoms with Gasteiger partial charge in [-0.15, -0.1) is 0 Å². The number of hydrogen-bond acceptors (Lipinski definition) is 3. The summed E-state index contributed by atoms with van der Waals surface area (Å²) in [5.74, 6) is -0.296. The van der Waals surface area contributed by atoms with E-state index in [-0.39, 0.29) is 16.8 Å². The molecule has 0 aromatic heterocycles. The molecule has 0 saturated heterocycles. The van der Waals surface area contributed by atoms with Gasteiger partial charge in [-0.25, -0.2) is 5.21 Å². The molecule has 11 heavy (non-hydrogen) atoms. The number of quaternary nitrogens is 1. The van der Waals surface area contributed by atoms with Gasteiger partial charge in [-0.3, -0.25) is 4.55 Å². The van der Waals surface area contributed by atoms with Gasteiger partial charge in [-0.2, -0.15) is 13.1 Å². The van der Waals surface area contributed by atoms with Gasteiger partial charge in [-0.05, 0) is 0 Å². The maximum atomic E-state index is 10.2. The minimum absolute atomic E-state index is 0.252. The molecule has 0 aliphatic carbocycles. The van der Waals surface area contributed by atoms with Crippen molar-refractivity contribution in [2.24, 2.45) is 0 Å². The van der Waals surface area contributed by atoms with Gasteiger partial charge in [0.25, 0.3) is 10.1 Å². The Hall–Kier alpha value is -0.170. The second-order valence-corrected chi connectivity index (χ2v) is 4.56. The molecule has 5 nitrogen and oxygen atoms in total. The molecule has 0 aromatic carbocycles. The molecule has 0 rings (SSSR count). The van der Waals surface area contributed by atoms with Crippen molar-refractivity contribution in [1.29, 1.82) is 0 Å². The SMILES string of the molecule is C[N+](C)(O)CCCS(=O)(=O)O. The van der Waals surface area contributed by atoms with Crippen LogP contribution in [0.25, 0.3) is 0 Å². The van der Waals surface area contributed by atoms with E-state index in [0.29, 0.717) is 6.54 Å². The van der Waals surface area contributed by atoms with Gasteiger partial charge in [0, 0.05) is 6.42 Å². The van der Waals surface area contributed by atoms with Crippen LogP contribution < -0.4 is 0 Å². The average molecular weight is 184 g/mol. The number of hydrogen-bond donors (Lipinski definition) is 2. The monoisotopic (exact) mass is 184 g/mol. The third kappa shape index (κ3) is 9.83. The van der Waals surface area contributed by atoms with Gasteiger partial charge in [0.1, 0.15) is 6.54 Å². The molecule has 0 fully saturated rings. The first-order chi connectivity index (χ1) is 4.71. The lowest BCUT2D eigenvalue weighted by Crippen LogP contribution is -2.36. The van der Waals surface area contributed by atoms with E-state index in [9.17, 15) is 8.42 Å². The van der Waals surface area contributed by atoms with Crippen molar-refractivity contribution in [3.63, 3.8) is 0 Å². The Labute approximate surface area is 66.5 Å². The van der Waals surface area contributed by atoms with Crippen molar-refractivity contribution in [2.75, 3.05) is 26.4 Å². The van der Waals surface area contributed by atoms with Crippen molar-refractivity contribution in [3.05, 3.63) is 0 Å². The molecule has 0 radical (unpaired) electrons. The smallest absolute Gasteiger partial charge is 0.265 e. The van der Waals surface area contributed by atoms with Crippen LogP contribution in [0.5, 0.6) is 0 Å². The second-order valence-electron chi connectivity index (χ2n) is 2.98. The molecule has 68 valence electrons. The predicted molar refractivity (Wildman–Crippen MR) is 39.8 cm³/mol. The zero-order chi connectivity index (χ0) is 9.12. The summed E-state index contributed by atoms with van der Waals surface area (Å²) < 4.78 is 28.4. The van der Waals surface area contributed by atoms with Crippen LogP contribution in [0.2, 0.25) is 0 Å². The highest BCUT2D eigenvalue weighted by molar-refractivity contribution is 7.85. The van der Waals surface area contributed by atoms with E-state index in [2.05, 4.69) is 0 Å². The summed E-state index contributed by atoms with van der Waals surface area (Å²) in [5, 5.41) is 9.08. The van der Waals surface area contributed by atoms with Crippen LogP contribution in [-0.2, 0) is 10.1 Å². The molecule has 0 saturated carbocycles. The fourth-order valence-corrected chi connectivity index (χ4v) is 1.13. The Morgan fingerprint density at radius 2 is 1.82 bits per heavy atom. The van der Waals surface area contributed by atoms with Gasteiger partial charge in [0.05, 0.1) is 19.8 Å². The van der Waals surface area contributed by atoms with E-state index >= 15 is 0 Å². The zero-order valence-electron chi connectivity index (χ0n) is 6.69. The standard InChI is InChI=1S/C5H13NO4S/c1-6(2,7)4-3-5-11(8,9)10/h7H,3-5H2,1-2H3/p+1. The fourth-order valence-electron chi connectivity index (χ4n) is 0.634. The molecule has 0 atom stereocenters. The van der Waals surface area contributed by atoms with Gasteiger partial charge in [0.2, 0.25) is 0 Å². The van der Waals surface area contributed by atoms with Crippen molar-refractivity contribution in [2.45, 2.75) is 6.42 Å². The molecule has 0 aromatic rings. The molecule has 0 heterocycles. The normalized spacial score (nSPS) is 13.5. The summed E-state index contributed by atoms with van der Waals surface area (Å²) in [6.45, 7) is 0.305. The van der Waals surface area contributed by atoms with Crippen LogP contribution in [0.4, 0.5) is 0 Å². The second kappa shape index (κ2) is 3.48. The number of nitrogens with zero attached hydrogens (tertiary/aromatic N) is 1. The van der Waals surface area contributed by atoms with Crippen LogP contribution in [0.1, 0.15) is 6.42 Å². The largest absolute Gasteiger partial charge is 0.286 e. The Bertz CT molecular complexity index is 203. The molecular weight excluding hydrogens is 170 g/mol. The van der Waals surface area contributed by atoms with E-state index in [1.807, 2.05) is 0 Å². The minimum atomic E-state index is -3.87. The quantitative estimate of drug-likeness (QED) is 0.358. The summed E-state index contributed by atoms with van der Waals surface area (Å²) in [5.41, 5.74) is 0. The Morgan fingerprint density at radius 3 is 2.09 bits per heavy atom. The molecule has 0 bridgehead atoms. The maximum Gasteiger partial charge on any atom is 0.265 e. The van der Waals surface area contributed by atoms with Crippen LogP contribution >= 0.6 is 0 Å². The Morgan fingerprint density at radius 1 is 1.36 bits per heavy atom. The molecule has 0 unspecified atom stereocenters. The number of hydroxylamine groups is 3. The summed E-state index contributed by atoms with van der Waals surface area (Å²) in [4.78, 5) is 0. The highest BCUT2D eigenvalue weighted by Crippen LogP contribution is 1.95. The van der Waals surface area contributed by atoms with Crippen molar-refractivity contribution in [3.8, 4) is 0 Å². The van der Waals surface area contributed by atoms with Crippen molar-refractivity contribution >= 4 is 10.1 Å². The topological polar surface area (TPSA) is 74.6 Å². The molecule has 0 aliphatic heterocycles.